The molecule has 0 amide bonds. The van der Waals surface area contributed by atoms with E-state index in [-0.39, 0.29) is 11.7 Å². The molecule has 1 aliphatic rings. The summed E-state index contributed by atoms with van der Waals surface area (Å²) in [6.07, 6.45) is 1.29. The maximum atomic E-state index is 9.61. The van der Waals surface area contributed by atoms with Crippen molar-refractivity contribution >= 4 is 0 Å². The molecular weight excluding hydrogens is 152 g/mol. The summed E-state index contributed by atoms with van der Waals surface area (Å²) in [5.41, 5.74) is 1.03. The number of hydrogen-bond donors (Lipinski definition) is 2. The first-order valence-electron chi connectivity index (χ1n) is 4.64. The van der Waals surface area contributed by atoms with Crippen molar-refractivity contribution in [2.75, 3.05) is 0 Å². The lowest BCUT2D eigenvalue weighted by Gasteiger charge is -2.28. The predicted octanol–water partition coefficient (Wildman–Crippen LogP) is 2.25. The van der Waals surface area contributed by atoms with Gasteiger partial charge in [0.1, 0.15) is 11.9 Å². The Balaban J connectivity index is 2.85. The Morgan fingerprint density at radius 3 is 2.50 bits per heavy atom. The molecule has 0 spiro atoms. The third-order valence-corrected chi connectivity index (χ3v) is 2.71. The summed E-state index contributed by atoms with van der Waals surface area (Å²) in [5.74, 6) is 0.781. The molecule has 2 atom stereocenters. The standard InChI is InChI=1S/C10H18O2/c1-6(2)8-5-4-7(3)9(11)10(8)12/h6-7,9,11-12H,4-5H2,1-3H3. The monoisotopic (exact) mass is 170 g/mol. The topological polar surface area (TPSA) is 40.5 Å². The fraction of sp³-hybridized carbons (Fsp3) is 0.800. The third kappa shape index (κ3) is 1.63. The van der Waals surface area contributed by atoms with Crippen LogP contribution in [0, 0.1) is 11.8 Å². The van der Waals surface area contributed by atoms with Gasteiger partial charge < -0.3 is 10.2 Å². The van der Waals surface area contributed by atoms with Crippen LogP contribution in [0.25, 0.3) is 0 Å². The molecule has 0 aliphatic heterocycles. The highest BCUT2D eigenvalue weighted by Crippen LogP contribution is 2.31. The van der Waals surface area contributed by atoms with Gasteiger partial charge in [0.05, 0.1) is 0 Å². The second-order valence-corrected chi connectivity index (χ2v) is 4.03. The van der Waals surface area contributed by atoms with Crippen LogP contribution in [0.2, 0.25) is 0 Å². The van der Waals surface area contributed by atoms with E-state index >= 15 is 0 Å². The molecule has 0 aromatic rings. The van der Waals surface area contributed by atoms with Crippen LogP contribution >= 0.6 is 0 Å². The van der Waals surface area contributed by atoms with Crippen molar-refractivity contribution in [3.05, 3.63) is 11.3 Å². The van der Waals surface area contributed by atoms with Crippen LogP contribution in [0.4, 0.5) is 0 Å². The highest BCUT2D eigenvalue weighted by molar-refractivity contribution is 5.17. The number of hydrogen-bond acceptors (Lipinski definition) is 2. The van der Waals surface area contributed by atoms with Gasteiger partial charge in [-0.3, -0.25) is 0 Å². The van der Waals surface area contributed by atoms with E-state index in [9.17, 15) is 10.2 Å². The van der Waals surface area contributed by atoms with Gasteiger partial charge in [0.2, 0.25) is 0 Å². The lowest BCUT2D eigenvalue weighted by Crippen LogP contribution is -2.27. The van der Waals surface area contributed by atoms with E-state index in [0.29, 0.717) is 5.92 Å². The van der Waals surface area contributed by atoms with Crippen LogP contribution in [-0.2, 0) is 0 Å². The zero-order chi connectivity index (χ0) is 9.30. The SMILES string of the molecule is CC(C)C1=C(O)C(O)C(C)CC1. The van der Waals surface area contributed by atoms with E-state index in [1.54, 1.807) is 0 Å². The van der Waals surface area contributed by atoms with Crippen molar-refractivity contribution in [3.63, 3.8) is 0 Å². The Kier molecular flexibility index (Phi) is 2.78. The molecule has 0 aromatic carbocycles. The zero-order valence-electron chi connectivity index (χ0n) is 8.04. The Hall–Kier alpha value is -0.500. The molecule has 0 radical (unpaired) electrons. The first-order valence-corrected chi connectivity index (χ1v) is 4.64. The summed E-state index contributed by atoms with van der Waals surface area (Å²) in [5, 5.41) is 19.2. The van der Waals surface area contributed by atoms with Gasteiger partial charge in [0.25, 0.3) is 0 Å². The highest BCUT2D eigenvalue weighted by atomic mass is 16.3. The second kappa shape index (κ2) is 3.48. The van der Waals surface area contributed by atoms with Crippen molar-refractivity contribution in [2.24, 2.45) is 11.8 Å². The van der Waals surface area contributed by atoms with E-state index in [1.165, 1.54) is 0 Å². The fourth-order valence-corrected chi connectivity index (χ4v) is 1.71. The van der Waals surface area contributed by atoms with Gasteiger partial charge in [-0.1, -0.05) is 20.8 Å². The number of rotatable bonds is 1. The number of aliphatic hydroxyl groups is 2. The lowest BCUT2D eigenvalue weighted by atomic mass is 9.83. The first kappa shape index (κ1) is 9.59. The van der Waals surface area contributed by atoms with Crippen LogP contribution < -0.4 is 0 Å². The lowest BCUT2D eigenvalue weighted by molar-refractivity contribution is 0.0849. The molecule has 2 unspecified atom stereocenters. The van der Waals surface area contributed by atoms with Crippen LogP contribution in [0.15, 0.2) is 11.3 Å². The molecule has 0 heterocycles. The van der Waals surface area contributed by atoms with Crippen LogP contribution in [-0.4, -0.2) is 16.3 Å². The fourth-order valence-electron chi connectivity index (χ4n) is 1.71. The zero-order valence-corrected chi connectivity index (χ0v) is 8.04. The Morgan fingerprint density at radius 1 is 1.42 bits per heavy atom. The van der Waals surface area contributed by atoms with E-state index in [0.717, 1.165) is 18.4 Å². The van der Waals surface area contributed by atoms with Gasteiger partial charge >= 0.3 is 0 Å². The molecule has 1 rings (SSSR count). The van der Waals surface area contributed by atoms with Gasteiger partial charge in [-0.15, -0.1) is 0 Å². The molecule has 2 heteroatoms. The van der Waals surface area contributed by atoms with E-state index in [1.807, 2.05) is 20.8 Å². The molecule has 2 nitrogen and oxygen atoms in total. The average molecular weight is 170 g/mol. The van der Waals surface area contributed by atoms with Crippen LogP contribution in [0.1, 0.15) is 33.6 Å². The Morgan fingerprint density at radius 2 is 2.00 bits per heavy atom. The van der Waals surface area contributed by atoms with Crippen molar-refractivity contribution < 1.29 is 10.2 Å². The summed E-state index contributed by atoms with van der Waals surface area (Å²) in [4.78, 5) is 0. The molecule has 0 saturated carbocycles. The van der Waals surface area contributed by atoms with E-state index < -0.39 is 6.10 Å². The molecule has 1 aliphatic carbocycles. The summed E-state index contributed by atoms with van der Waals surface area (Å²) >= 11 is 0. The quantitative estimate of drug-likeness (QED) is 0.633. The minimum absolute atomic E-state index is 0.201. The van der Waals surface area contributed by atoms with Gasteiger partial charge in [-0.2, -0.15) is 0 Å². The smallest absolute Gasteiger partial charge is 0.120 e. The summed E-state index contributed by atoms with van der Waals surface area (Å²) in [6, 6.07) is 0. The molecule has 12 heavy (non-hydrogen) atoms. The average Bonchev–Trinajstić information content (AvgIpc) is 2.00. The van der Waals surface area contributed by atoms with Crippen LogP contribution in [0.5, 0.6) is 0 Å². The number of aliphatic hydroxyl groups excluding tert-OH is 2. The Bertz CT molecular complexity index is 194. The summed E-state index contributed by atoms with van der Waals surface area (Å²) in [6.45, 7) is 6.07. The molecule has 0 bridgehead atoms. The largest absolute Gasteiger partial charge is 0.510 e. The van der Waals surface area contributed by atoms with Crippen molar-refractivity contribution in [3.8, 4) is 0 Å². The van der Waals surface area contributed by atoms with E-state index in [4.69, 9.17) is 0 Å². The van der Waals surface area contributed by atoms with Gasteiger partial charge in [-0.05, 0) is 30.3 Å². The molecule has 0 saturated heterocycles. The van der Waals surface area contributed by atoms with Gasteiger partial charge in [0, 0.05) is 0 Å². The molecule has 0 fully saturated rings. The predicted molar refractivity (Wildman–Crippen MR) is 48.9 cm³/mol. The third-order valence-electron chi connectivity index (χ3n) is 2.71. The molecule has 70 valence electrons. The van der Waals surface area contributed by atoms with Crippen molar-refractivity contribution in [1.29, 1.82) is 0 Å². The molecule has 2 N–H and O–H groups in total. The number of allylic oxidation sites excluding steroid dienone is 1. The van der Waals surface area contributed by atoms with Gasteiger partial charge in [0.15, 0.2) is 0 Å². The molecular formula is C10H18O2. The highest BCUT2D eigenvalue weighted by Gasteiger charge is 2.27. The molecule has 0 aromatic heterocycles. The summed E-state index contributed by atoms with van der Waals surface area (Å²) in [7, 11) is 0. The first-order chi connectivity index (χ1) is 5.54. The van der Waals surface area contributed by atoms with Crippen molar-refractivity contribution in [1.82, 2.24) is 0 Å². The van der Waals surface area contributed by atoms with Crippen molar-refractivity contribution in [2.45, 2.75) is 39.7 Å². The maximum Gasteiger partial charge on any atom is 0.120 e. The summed E-state index contributed by atoms with van der Waals surface area (Å²) < 4.78 is 0. The van der Waals surface area contributed by atoms with Gasteiger partial charge in [-0.25, -0.2) is 0 Å². The Labute approximate surface area is 73.9 Å². The van der Waals surface area contributed by atoms with Crippen LogP contribution in [0.3, 0.4) is 0 Å². The second-order valence-electron chi connectivity index (χ2n) is 4.03. The van der Waals surface area contributed by atoms with E-state index in [2.05, 4.69) is 0 Å². The maximum absolute atomic E-state index is 9.61. The normalized spacial score (nSPS) is 31.4. The minimum Gasteiger partial charge on any atom is -0.510 e. The minimum atomic E-state index is -0.629.